The van der Waals surface area contributed by atoms with E-state index in [1.165, 1.54) is 0 Å². The normalized spacial score (nSPS) is 18.3. The van der Waals surface area contributed by atoms with Crippen LogP contribution >= 0.6 is 35.0 Å². The van der Waals surface area contributed by atoms with Crippen LogP contribution in [0.25, 0.3) is 0 Å². The molecule has 0 unspecified atom stereocenters. The van der Waals surface area contributed by atoms with Crippen molar-refractivity contribution in [2.75, 3.05) is 36.8 Å². The van der Waals surface area contributed by atoms with Gasteiger partial charge in [0.2, 0.25) is 5.91 Å². The molecule has 0 N–H and O–H groups in total. The van der Waals surface area contributed by atoms with E-state index in [0.717, 1.165) is 34.9 Å². The first-order valence-corrected chi connectivity index (χ1v) is 13.3. The molecule has 0 spiro atoms. The second kappa shape index (κ2) is 10.5. The monoisotopic (exact) mass is 525 g/mol. The van der Waals surface area contributed by atoms with Crippen LogP contribution in [-0.4, -0.2) is 53.5 Å². The average Bonchev–Trinajstić information content (AvgIpc) is 3.25. The number of thioether (sulfide) groups is 1. The minimum Gasteiger partial charge on any atom is -0.368 e. The van der Waals surface area contributed by atoms with E-state index < -0.39 is 0 Å². The third kappa shape index (κ3) is 5.45. The predicted octanol–water partition coefficient (Wildman–Crippen LogP) is 5.73. The van der Waals surface area contributed by atoms with Crippen LogP contribution in [0.4, 0.5) is 5.69 Å². The van der Waals surface area contributed by atoms with Crippen LogP contribution in [0, 0.1) is 0 Å². The lowest BCUT2D eigenvalue weighted by molar-refractivity contribution is -0.128. The molecule has 0 radical (unpaired) electrons. The zero-order valence-corrected chi connectivity index (χ0v) is 21.4. The number of anilines is 1. The Morgan fingerprint density at radius 3 is 2.29 bits per heavy atom. The molecule has 0 saturated carbocycles. The topological polar surface area (TPSA) is 43.9 Å². The van der Waals surface area contributed by atoms with E-state index >= 15 is 0 Å². The highest BCUT2D eigenvalue weighted by Gasteiger charge is 2.33. The van der Waals surface area contributed by atoms with Gasteiger partial charge >= 0.3 is 0 Å². The van der Waals surface area contributed by atoms with Gasteiger partial charge in [-0.05, 0) is 53.6 Å². The van der Waals surface area contributed by atoms with Crippen molar-refractivity contribution in [1.29, 1.82) is 0 Å². The fourth-order valence-corrected chi connectivity index (χ4v) is 6.00. The number of carbonyl (C=O) groups is 2. The molecular formula is C27H25Cl2N3O2S. The molecule has 5 rings (SSSR count). The zero-order valence-electron chi connectivity index (χ0n) is 19.1. The summed E-state index contributed by atoms with van der Waals surface area (Å²) in [5.41, 5.74) is 3.82. The van der Waals surface area contributed by atoms with Gasteiger partial charge in [0.05, 0.1) is 5.75 Å². The lowest BCUT2D eigenvalue weighted by atomic mass is 10.1. The standard InChI is InChI=1S/C27H25Cl2N3O2S/c28-22-10-4-19(5-11-22)17-32-25(33)18-35-27(32)21-8-6-20(7-9-21)26(34)31-14-12-30(13-15-31)24-3-1-2-23(29)16-24/h1-11,16,27H,12-15,17-18H2/t27-/m0/s1. The zero-order chi connectivity index (χ0) is 24.4. The van der Waals surface area contributed by atoms with E-state index in [4.69, 9.17) is 23.2 Å². The van der Waals surface area contributed by atoms with Gasteiger partial charge in [-0.1, -0.05) is 53.5 Å². The van der Waals surface area contributed by atoms with Gasteiger partial charge in [-0.25, -0.2) is 0 Å². The first-order chi connectivity index (χ1) is 17.0. The molecule has 5 nitrogen and oxygen atoms in total. The van der Waals surface area contributed by atoms with Gasteiger partial charge in [0.1, 0.15) is 5.37 Å². The van der Waals surface area contributed by atoms with Crippen LogP contribution in [0.5, 0.6) is 0 Å². The van der Waals surface area contributed by atoms with E-state index in [9.17, 15) is 9.59 Å². The number of amides is 2. The van der Waals surface area contributed by atoms with Crippen molar-refractivity contribution in [2.24, 2.45) is 0 Å². The number of halogens is 2. The quantitative estimate of drug-likeness (QED) is 0.426. The summed E-state index contributed by atoms with van der Waals surface area (Å²) in [7, 11) is 0. The Kier molecular flexibility index (Phi) is 7.23. The van der Waals surface area contributed by atoms with Crippen molar-refractivity contribution in [3.05, 3.63) is 99.5 Å². The van der Waals surface area contributed by atoms with Crippen LogP contribution in [0.3, 0.4) is 0 Å². The molecule has 8 heteroatoms. The molecule has 180 valence electrons. The van der Waals surface area contributed by atoms with Crippen LogP contribution in [0.2, 0.25) is 10.0 Å². The molecule has 2 aliphatic rings. The van der Waals surface area contributed by atoms with E-state index in [2.05, 4.69) is 4.90 Å². The summed E-state index contributed by atoms with van der Waals surface area (Å²) >= 11 is 13.7. The summed E-state index contributed by atoms with van der Waals surface area (Å²) in [6.45, 7) is 3.39. The molecule has 2 amide bonds. The second-order valence-electron chi connectivity index (χ2n) is 8.69. The number of hydrogen-bond donors (Lipinski definition) is 0. The largest absolute Gasteiger partial charge is 0.368 e. The Bertz CT molecular complexity index is 1210. The van der Waals surface area contributed by atoms with Crippen LogP contribution in [0.15, 0.2) is 72.8 Å². The number of hydrogen-bond acceptors (Lipinski definition) is 4. The molecule has 35 heavy (non-hydrogen) atoms. The SMILES string of the molecule is O=C(c1ccc([C@@H]2SCC(=O)N2Cc2ccc(Cl)cc2)cc1)N1CCN(c2cccc(Cl)c2)CC1. The predicted molar refractivity (Wildman–Crippen MR) is 143 cm³/mol. The van der Waals surface area contributed by atoms with E-state index in [-0.39, 0.29) is 17.2 Å². The lowest BCUT2D eigenvalue weighted by Gasteiger charge is -2.36. The molecule has 2 heterocycles. The Morgan fingerprint density at radius 2 is 1.60 bits per heavy atom. The third-order valence-electron chi connectivity index (χ3n) is 6.42. The summed E-state index contributed by atoms with van der Waals surface area (Å²) in [6, 6.07) is 23.1. The van der Waals surface area contributed by atoms with E-state index in [1.54, 1.807) is 11.8 Å². The third-order valence-corrected chi connectivity index (χ3v) is 8.16. The Morgan fingerprint density at radius 1 is 0.886 bits per heavy atom. The van der Waals surface area contributed by atoms with Gasteiger partial charge in [0.25, 0.3) is 5.91 Å². The number of carbonyl (C=O) groups excluding carboxylic acids is 2. The van der Waals surface area contributed by atoms with Gasteiger partial charge in [0, 0.05) is 54.0 Å². The number of nitrogens with zero attached hydrogens (tertiary/aromatic N) is 3. The lowest BCUT2D eigenvalue weighted by Crippen LogP contribution is -2.48. The minimum absolute atomic E-state index is 0.0375. The van der Waals surface area contributed by atoms with Crippen LogP contribution < -0.4 is 4.90 Å². The number of piperazine rings is 1. The highest BCUT2D eigenvalue weighted by atomic mass is 35.5. The van der Waals surface area contributed by atoms with Crippen LogP contribution in [-0.2, 0) is 11.3 Å². The summed E-state index contributed by atoms with van der Waals surface area (Å²) < 4.78 is 0. The van der Waals surface area contributed by atoms with E-state index in [0.29, 0.717) is 36.0 Å². The maximum atomic E-state index is 13.1. The molecule has 2 aliphatic heterocycles. The van der Waals surface area contributed by atoms with Gasteiger partial charge in [-0.2, -0.15) is 0 Å². The molecule has 3 aromatic rings. The fraction of sp³-hybridized carbons (Fsp3) is 0.259. The molecule has 3 aromatic carbocycles. The Balaban J connectivity index is 1.22. The highest BCUT2D eigenvalue weighted by Crippen LogP contribution is 2.39. The fourth-order valence-electron chi connectivity index (χ4n) is 4.50. The van der Waals surface area contributed by atoms with E-state index in [1.807, 2.05) is 82.6 Å². The van der Waals surface area contributed by atoms with Gasteiger partial charge in [-0.15, -0.1) is 11.8 Å². The van der Waals surface area contributed by atoms with Crippen molar-refractivity contribution in [3.63, 3.8) is 0 Å². The molecule has 0 aliphatic carbocycles. The summed E-state index contributed by atoms with van der Waals surface area (Å²) in [5.74, 6) is 0.610. The second-order valence-corrected chi connectivity index (χ2v) is 10.6. The molecule has 1 atom stereocenters. The maximum absolute atomic E-state index is 13.1. The molecule has 0 aromatic heterocycles. The molecular weight excluding hydrogens is 501 g/mol. The summed E-state index contributed by atoms with van der Waals surface area (Å²) in [4.78, 5) is 31.7. The maximum Gasteiger partial charge on any atom is 0.253 e. The first-order valence-electron chi connectivity index (χ1n) is 11.5. The number of benzene rings is 3. The van der Waals surface area contributed by atoms with Crippen molar-refractivity contribution in [2.45, 2.75) is 11.9 Å². The van der Waals surface area contributed by atoms with Gasteiger partial charge in [0.15, 0.2) is 0 Å². The Labute approximate surface area is 219 Å². The smallest absolute Gasteiger partial charge is 0.253 e. The summed E-state index contributed by atoms with van der Waals surface area (Å²) in [6.07, 6.45) is 0. The highest BCUT2D eigenvalue weighted by molar-refractivity contribution is 8.00. The first kappa shape index (κ1) is 24.0. The van der Waals surface area contributed by atoms with Crippen molar-refractivity contribution >= 4 is 52.5 Å². The van der Waals surface area contributed by atoms with Gasteiger partial charge in [-0.3, -0.25) is 9.59 Å². The number of rotatable bonds is 5. The minimum atomic E-state index is -0.0661. The Hall–Kier alpha value is -2.67. The van der Waals surface area contributed by atoms with Crippen LogP contribution in [0.1, 0.15) is 26.9 Å². The molecule has 2 saturated heterocycles. The van der Waals surface area contributed by atoms with Crippen molar-refractivity contribution < 1.29 is 9.59 Å². The van der Waals surface area contributed by atoms with Gasteiger partial charge < -0.3 is 14.7 Å². The summed E-state index contributed by atoms with van der Waals surface area (Å²) in [5, 5.41) is 1.33. The average molecular weight is 526 g/mol. The molecule has 0 bridgehead atoms. The molecule has 2 fully saturated rings. The van der Waals surface area contributed by atoms with Crippen molar-refractivity contribution in [3.8, 4) is 0 Å². The van der Waals surface area contributed by atoms with Crippen molar-refractivity contribution in [1.82, 2.24) is 9.80 Å².